The van der Waals surface area contributed by atoms with Gasteiger partial charge in [0.15, 0.2) is 0 Å². The van der Waals surface area contributed by atoms with Crippen LogP contribution >= 0.6 is 15.9 Å². The van der Waals surface area contributed by atoms with Crippen molar-refractivity contribution in [1.29, 1.82) is 0 Å². The summed E-state index contributed by atoms with van der Waals surface area (Å²) in [6.07, 6.45) is 6.87. The highest BCUT2D eigenvalue weighted by Crippen LogP contribution is 2.28. The summed E-state index contributed by atoms with van der Waals surface area (Å²) in [4.78, 5) is 12.3. The highest BCUT2D eigenvalue weighted by atomic mass is 79.9. The van der Waals surface area contributed by atoms with Crippen LogP contribution in [0.3, 0.4) is 0 Å². The molecule has 1 aliphatic carbocycles. The van der Waals surface area contributed by atoms with E-state index < -0.39 is 0 Å². The summed E-state index contributed by atoms with van der Waals surface area (Å²) in [7, 11) is 0. The first-order valence-electron chi connectivity index (χ1n) is 6.55. The summed E-state index contributed by atoms with van der Waals surface area (Å²) < 4.78 is 0. The van der Waals surface area contributed by atoms with Crippen molar-refractivity contribution in [3.8, 4) is 0 Å². The fourth-order valence-corrected chi connectivity index (χ4v) is 2.91. The van der Waals surface area contributed by atoms with Crippen molar-refractivity contribution in [2.24, 2.45) is 11.8 Å². The van der Waals surface area contributed by atoms with Crippen LogP contribution in [0.1, 0.15) is 52.4 Å². The van der Waals surface area contributed by atoms with Crippen LogP contribution in [0.4, 0.5) is 0 Å². The zero-order valence-corrected chi connectivity index (χ0v) is 12.1. The minimum Gasteiger partial charge on any atom is -0.355 e. The molecule has 1 aliphatic rings. The zero-order valence-electron chi connectivity index (χ0n) is 10.5. The zero-order chi connectivity index (χ0) is 12.0. The van der Waals surface area contributed by atoms with Gasteiger partial charge in [0, 0.05) is 17.3 Å². The maximum atomic E-state index is 11.9. The van der Waals surface area contributed by atoms with E-state index in [1.54, 1.807) is 0 Å². The van der Waals surface area contributed by atoms with Crippen molar-refractivity contribution in [1.82, 2.24) is 5.32 Å². The smallest absolute Gasteiger partial charge is 0.223 e. The molecule has 0 aromatic heterocycles. The second kappa shape index (κ2) is 7.31. The lowest BCUT2D eigenvalue weighted by Crippen LogP contribution is -2.36. The first kappa shape index (κ1) is 14.0. The second-order valence-electron chi connectivity index (χ2n) is 5.09. The van der Waals surface area contributed by atoms with Crippen LogP contribution in [0.5, 0.6) is 0 Å². The molecule has 1 rings (SSSR count). The maximum Gasteiger partial charge on any atom is 0.223 e. The van der Waals surface area contributed by atoms with Gasteiger partial charge >= 0.3 is 0 Å². The molecule has 1 N–H and O–H groups in total. The van der Waals surface area contributed by atoms with Gasteiger partial charge in [0.1, 0.15) is 0 Å². The van der Waals surface area contributed by atoms with Crippen molar-refractivity contribution in [2.75, 3.05) is 6.54 Å². The number of halogens is 1. The predicted molar refractivity (Wildman–Crippen MR) is 71.8 cm³/mol. The third kappa shape index (κ3) is 4.86. The Hall–Kier alpha value is -0.0500. The lowest BCUT2D eigenvalue weighted by atomic mass is 9.82. The van der Waals surface area contributed by atoms with Crippen molar-refractivity contribution in [3.63, 3.8) is 0 Å². The Kier molecular flexibility index (Phi) is 6.40. The van der Waals surface area contributed by atoms with Crippen molar-refractivity contribution in [2.45, 2.75) is 57.2 Å². The SMILES string of the molecule is CCCC(Br)CNC(=O)C1CCC(C)CC1. The minimum atomic E-state index is 0.271. The molecule has 1 amide bonds. The van der Waals surface area contributed by atoms with Gasteiger partial charge in [-0.15, -0.1) is 0 Å². The molecule has 0 aliphatic heterocycles. The molecule has 1 fully saturated rings. The van der Waals surface area contributed by atoms with Crippen molar-refractivity contribution in [3.05, 3.63) is 0 Å². The molecule has 0 heterocycles. The van der Waals surface area contributed by atoms with Gasteiger partial charge in [-0.25, -0.2) is 0 Å². The lowest BCUT2D eigenvalue weighted by Gasteiger charge is -2.25. The average Bonchev–Trinajstić information content (AvgIpc) is 2.27. The van der Waals surface area contributed by atoms with Crippen LogP contribution in [-0.2, 0) is 4.79 Å². The number of carbonyl (C=O) groups is 1. The standard InChI is InChI=1S/C13H24BrNO/c1-3-4-12(14)9-15-13(16)11-7-5-10(2)6-8-11/h10-12H,3-9H2,1-2H3,(H,15,16). The molecule has 94 valence electrons. The quantitative estimate of drug-likeness (QED) is 0.772. The first-order valence-corrected chi connectivity index (χ1v) is 7.46. The van der Waals surface area contributed by atoms with E-state index in [1.807, 2.05) is 0 Å². The normalized spacial score (nSPS) is 27.4. The maximum absolute atomic E-state index is 11.9. The molecule has 0 bridgehead atoms. The van der Waals surface area contributed by atoms with E-state index in [0.29, 0.717) is 4.83 Å². The van der Waals surface area contributed by atoms with Gasteiger partial charge < -0.3 is 5.32 Å². The molecule has 16 heavy (non-hydrogen) atoms. The molecule has 1 atom stereocenters. The van der Waals surface area contributed by atoms with E-state index in [1.165, 1.54) is 12.8 Å². The van der Waals surface area contributed by atoms with Crippen LogP contribution in [0, 0.1) is 11.8 Å². The summed E-state index contributed by atoms with van der Waals surface area (Å²) in [5.74, 6) is 1.36. The van der Waals surface area contributed by atoms with E-state index in [0.717, 1.165) is 38.1 Å². The van der Waals surface area contributed by atoms with Gasteiger partial charge in [-0.3, -0.25) is 4.79 Å². The molecule has 1 saturated carbocycles. The Morgan fingerprint density at radius 2 is 2.00 bits per heavy atom. The van der Waals surface area contributed by atoms with Crippen LogP contribution in [-0.4, -0.2) is 17.3 Å². The van der Waals surface area contributed by atoms with Crippen molar-refractivity contribution >= 4 is 21.8 Å². The lowest BCUT2D eigenvalue weighted by molar-refractivity contribution is -0.126. The number of carbonyl (C=O) groups excluding carboxylic acids is 1. The van der Waals surface area contributed by atoms with Crippen LogP contribution < -0.4 is 5.32 Å². The van der Waals surface area contributed by atoms with Gasteiger partial charge in [-0.2, -0.15) is 0 Å². The summed E-state index contributed by atoms with van der Waals surface area (Å²) in [6, 6.07) is 0. The predicted octanol–water partition coefficient (Wildman–Crippen LogP) is 3.49. The van der Waals surface area contributed by atoms with E-state index in [9.17, 15) is 4.79 Å². The molecule has 1 unspecified atom stereocenters. The van der Waals surface area contributed by atoms with E-state index in [2.05, 4.69) is 35.1 Å². The van der Waals surface area contributed by atoms with Gasteiger partial charge in [0.2, 0.25) is 5.91 Å². The number of hydrogen-bond donors (Lipinski definition) is 1. The fourth-order valence-electron chi connectivity index (χ4n) is 2.29. The molecule has 0 aromatic rings. The number of alkyl halides is 1. The van der Waals surface area contributed by atoms with E-state index >= 15 is 0 Å². The molecule has 3 heteroatoms. The number of amides is 1. The molecular formula is C13H24BrNO. The third-order valence-corrected chi connectivity index (χ3v) is 4.27. The Morgan fingerprint density at radius 3 is 2.56 bits per heavy atom. The average molecular weight is 290 g/mol. The van der Waals surface area contributed by atoms with Crippen LogP contribution in [0.15, 0.2) is 0 Å². The van der Waals surface area contributed by atoms with E-state index in [-0.39, 0.29) is 11.8 Å². The van der Waals surface area contributed by atoms with Crippen LogP contribution in [0.25, 0.3) is 0 Å². The molecular weight excluding hydrogens is 266 g/mol. The molecule has 0 saturated heterocycles. The molecule has 0 aromatic carbocycles. The Bertz CT molecular complexity index is 212. The number of nitrogens with one attached hydrogen (secondary N) is 1. The number of hydrogen-bond acceptors (Lipinski definition) is 1. The first-order chi connectivity index (χ1) is 7.63. The van der Waals surface area contributed by atoms with Crippen molar-refractivity contribution < 1.29 is 4.79 Å². The summed E-state index contributed by atoms with van der Waals surface area (Å²) >= 11 is 3.59. The minimum absolute atomic E-state index is 0.271. The topological polar surface area (TPSA) is 29.1 Å². The third-order valence-electron chi connectivity index (χ3n) is 3.49. The molecule has 2 nitrogen and oxygen atoms in total. The Balaban J connectivity index is 2.19. The van der Waals surface area contributed by atoms with Gasteiger partial charge in [0.25, 0.3) is 0 Å². The summed E-state index contributed by atoms with van der Waals surface area (Å²) in [5, 5.41) is 3.07. The fraction of sp³-hybridized carbons (Fsp3) is 0.923. The van der Waals surface area contributed by atoms with Gasteiger partial charge in [-0.05, 0) is 38.0 Å². The van der Waals surface area contributed by atoms with E-state index in [4.69, 9.17) is 0 Å². The Labute approximate surface area is 108 Å². The molecule has 0 radical (unpaired) electrons. The summed E-state index contributed by atoms with van der Waals surface area (Å²) in [5.41, 5.74) is 0. The largest absolute Gasteiger partial charge is 0.355 e. The highest BCUT2D eigenvalue weighted by Gasteiger charge is 2.24. The second-order valence-corrected chi connectivity index (χ2v) is 6.38. The molecule has 0 spiro atoms. The number of rotatable bonds is 5. The Morgan fingerprint density at radius 1 is 1.38 bits per heavy atom. The van der Waals surface area contributed by atoms with Gasteiger partial charge in [-0.1, -0.05) is 36.2 Å². The summed E-state index contributed by atoms with van der Waals surface area (Å²) in [6.45, 7) is 5.22. The highest BCUT2D eigenvalue weighted by molar-refractivity contribution is 9.09. The monoisotopic (exact) mass is 289 g/mol. The van der Waals surface area contributed by atoms with Gasteiger partial charge in [0.05, 0.1) is 0 Å². The van der Waals surface area contributed by atoms with Crippen LogP contribution in [0.2, 0.25) is 0 Å².